The molecule has 0 radical (unpaired) electrons. The monoisotopic (exact) mass is 835 g/mol. The van der Waals surface area contributed by atoms with Crippen LogP contribution in [0.1, 0.15) is 45.1 Å². The summed E-state index contributed by atoms with van der Waals surface area (Å²) in [6.07, 6.45) is -0.403. The maximum absolute atomic E-state index is 5.16. The summed E-state index contributed by atoms with van der Waals surface area (Å²) in [4.78, 5) is 12.9. The van der Waals surface area contributed by atoms with E-state index in [1.807, 2.05) is 48.2 Å². The van der Waals surface area contributed by atoms with Crippen LogP contribution in [0.15, 0.2) is 232 Å². The largest absolute Gasteiger partial charge is 0.324 e. The second kappa shape index (κ2) is 13.5. The summed E-state index contributed by atoms with van der Waals surface area (Å²) in [5.41, 5.74) is 15.0. The van der Waals surface area contributed by atoms with Crippen LogP contribution in [0.5, 0.6) is 0 Å². The first-order valence-corrected chi connectivity index (χ1v) is 22.7. The predicted octanol–water partition coefficient (Wildman–Crippen LogP) is 13.5. The van der Waals surface area contributed by atoms with E-state index in [0.29, 0.717) is 0 Å². The Morgan fingerprint density at radius 2 is 1.00 bits per heavy atom. The van der Waals surface area contributed by atoms with Gasteiger partial charge in [-0.3, -0.25) is 0 Å². The number of nitrogens with one attached hydrogen (secondary N) is 1. The van der Waals surface area contributed by atoms with Gasteiger partial charge < -0.3 is 14.5 Å². The first kappa shape index (κ1) is 35.6. The lowest BCUT2D eigenvalue weighted by molar-refractivity contribution is 0.691. The van der Waals surface area contributed by atoms with E-state index < -0.39 is 11.6 Å². The zero-order valence-electron chi connectivity index (χ0n) is 34.5. The van der Waals surface area contributed by atoms with Gasteiger partial charge in [-0.1, -0.05) is 176 Å². The van der Waals surface area contributed by atoms with Crippen LogP contribution in [0.4, 0.5) is 0 Å². The lowest BCUT2D eigenvalue weighted by Gasteiger charge is -2.45. The van der Waals surface area contributed by atoms with Gasteiger partial charge in [0.15, 0.2) is 6.17 Å². The maximum atomic E-state index is 5.16. The Labute approximate surface area is 373 Å². The van der Waals surface area contributed by atoms with E-state index in [9.17, 15) is 0 Å². The standard InChI is InChI=1S/C58H37N5S/c1-3-16-36(17-4-1)55-59-56(37-18-5-2-6-19-37)61-57(60-55)38-30-32-39(33-31-38)62-48-26-11-8-21-41(48)43-34-47-53(35-51(43)62)64-52-29-14-10-24-45(52)58(47)44-23-9-13-28-50(44)63-49-27-12-7-20-40(49)42-22-15-25-46(58)54(42)63/h1-35,57H,(H,59,60,61). The lowest BCUT2D eigenvalue weighted by Crippen LogP contribution is -2.37. The Balaban J connectivity index is 0.980. The summed E-state index contributed by atoms with van der Waals surface area (Å²) >= 11 is 1.89. The summed E-state index contributed by atoms with van der Waals surface area (Å²) < 4.78 is 4.96. The Kier molecular flexibility index (Phi) is 7.54. The van der Waals surface area contributed by atoms with E-state index in [0.717, 1.165) is 34.0 Å². The molecular weight excluding hydrogens is 799 g/mol. The SMILES string of the molecule is c1ccc(C2=NC(c3ccc(-n4c5ccccc5c5cc6c(cc54)Sc4ccccc4C64c5ccccc5-n5c6ccccc6c6cccc4c65)cc3)N=C(c3ccccc3)N2)cc1. The van der Waals surface area contributed by atoms with Gasteiger partial charge in [0.25, 0.3) is 0 Å². The predicted molar refractivity (Wildman–Crippen MR) is 263 cm³/mol. The van der Waals surface area contributed by atoms with Crippen molar-refractivity contribution < 1.29 is 0 Å². The Hall–Kier alpha value is -7.93. The molecular formula is C58H37N5S. The van der Waals surface area contributed by atoms with Crippen LogP contribution in [0.3, 0.4) is 0 Å². The molecule has 5 heterocycles. The second-order valence-electron chi connectivity index (χ2n) is 16.9. The minimum Gasteiger partial charge on any atom is -0.324 e. The molecule has 14 rings (SSSR count). The molecule has 0 amide bonds. The smallest absolute Gasteiger partial charge is 0.169 e. The highest BCUT2D eigenvalue weighted by Gasteiger charge is 2.49. The number of benzene rings is 9. The third-order valence-electron chi connectivity index (χ3n) is 13.6. The van der Waals surface area contributed by atoms with Crippen LogP contribution in [-0.4, -0.2) is 20.8 Å². The highest BCUT2D eigenvalue weighted by atomic mass is 32.2. The molecule has 2 aromatic heterocycles. The molecule has 1 atom stereocenters. The molecule has 0 bridgehead atoms. The van der Waals surface area contributed by atoms with Crippen LogP contribution >= 0.6 is 11.8 Å². The number of aliphatic imine (C=N–C) groups is 2. The molecule has 5 nitrogen and oxygen atoms in total. The van der Waals surface area contributed by atoms with Crippen molar-refractivity contribution in [3.05, 3.63) is 251 Å². The normalized spacial score (nSPS) is 16.4. The van der Waals surface area contributed by atoms with Gasteiger partial charge in [0.1, 0.15) is 11.7 Å². The number of fused-ring (bicyclic) bond motifs is 14. The molecule has 3 aliphatic rings. The Morgan fingerprint density at radius 1 is 0.422 bits per heavy atom. The van der Waals surface area contributed by atoms with Gasteiger partial charge in [0, 0.05) is 48.2 Å². The minimum absolute atomic E-state index is 0.403. The van der Waals surface area contributed by atoms with E-state index in [4.69, 9.17) is 9.98 Å². The van der Waals surface area contributed by atoms with Gasteiger partial charge in [-0.05, 0) is 76.3 Å². The molecule has 64 heavy (non-hydrogen) atoms. The fourth-order valence-electron chi connectivity index (χ4n) is 10.9. The van der Waals surface area contributed by atoms with Gasteiger partial charge in [0.05, 0.1) is 33.2 Å². The van der Waals surface area contributed by atoms with Crippen molar-refractivity contribution in [2.24, 2.45) is 9.98 Å². The summed E-state index contributed by atoms with van der Waals surface area (Å²) in [7, 11) is 0. The highest BCUT2D eigenvalue weighted by Crippen LogP contribution is 2.61. The number of nitrogens with zero attached hydrogens (tertiary/aromatic N) is 4. The molecule has 1 spiro atoms. The van der Waals surface area contributed by atoms with Crippen LogP contribution < -0.4 is 5.32 Å². The number of aromatic nitrogens is 2. The van der Waals surface area contributed by atoms with Gasteiger partial charge in [0.2, 0.25) is 0 Å². The van der Waals surface area contributed by atoms with Gasteiger partial charge in [-0.25, -0.2) is 9.98 Å². The number of hydrogen-bond acceptors (Lipinski definition) is 4. The first-order valence-electron chi connectivity index (χ1n) is 21.9. The minimum atomic E-state index is -0.552. The maximum Gasteiger partial charge on any atom is 0.169 e. The quantitative estimate of drug-likeness (QED) is 0.192. The molecule has 0 fully saturated rings. The van der Waals surface area contributed by atoms with Crippen molar-refractivity contribution in [2.75, 3.05) is 0 Å². The average Bonchev–Trinajstić information content (AvgIpc) is 3.88. The Morgan fingerprint density at radius 3 is 1.73 bits per heavy atom. The summed E-state index contributed by atoms with van der Waals surface area (Å²) in [5, 5.41) is 8.56. The van der Waals surface area contributed by atoms with Crippen molar-refractivity contribution in [3.8, 4) is 11.4 Å². The fourth-order valence-corrected chi connectivity index (χ4v) is 12.2. The molecule has 3 aliphatic heterocycles. The molecule has 11 aromatic rings. The van der Waals surface area contributed by atoms with Crippen molar-refractivity contribution in [3.63, 3.8) is 0 Å². The number of para-hydroxylation sites is 4. The van der Waals surface area contributed by atoms with Gasteiger partial charge in [-0.2, -0.15) is 0 Å². The van der Waals surface area contributed by atoms with Crippen LogP contribution in [0, 0.1) is 0 Å². The molecule has 1 N–H and O–H groups in total. The third-order valence-corrected chi connectivity index (χ3v) is 14.8. The first-order chi connectivity index (χ1) is 31.7. The summed E-state index contributed by atoms with van der Waals surface area (Å²) in [6.45, 7) is 0. The number of rotatable bonds is 4. The average molecular weight is 836 g/mol. The molecule has 1 unspecified atom stereocenters. The zero-order chi connectivity index (χ0) is 41.9. The van der Waals surface area contributed by atoms with E-state index >= 15 is 0 Å². The highest BCUT2D eigenvalue weighted by molar-refractivity contribution is 7.99. The third kappa shape index (κ3) is 4.91. The van der Waals surface area contributed by atoms with Crippen molar-refractivity contribution in [1.82, 2.24) is 14.5 Å². The summed E-state index contributed by atoms with van der Waals surface area (Å²) in [6, 6.07) is 77.4. The Bertz CT molecular complexity index is 3730. The van der Waals surface area contributed by atoms with Crippen molar-refractivity contribution in [2.45, 2.75) is 21.4 Å². The van der Waals surface area contributed by atoms with Crippen molar-refractivity contribution >= 4 is 67.0 Å². The lowest BCUT2D eigenvalue weighted by atomic mass is 9.62. The molecule has 300 valence electrons. The molecule has 6 heteroatoms. The van der Waals surface area contributed by atoms with Crippen molar-refractivity contribution in [1.29, 1.82) is 0 Å². The van der Waals surface area contributed by atoms with Gasteiger partial charge >= 0.3 is 0 Å². The van der Waals surface area contributed by atoms with Crippen LogP contribution in [-0.2, 0) is 5.41 Å². The number of amidine groups is 2. The zero-order valence-corrected chi connectivity index (χ0v) is 35.3. The molecule has 0 aliphatic carbocycles. The van der Waals surface area contributed by atoms with Gasteiger partial charge in [-0.15, -0.1) is 0 Å². The van der Waals surface area contributed by atoms with E-state index in [2.05, 4.69) is 190 Å². The molecule has 9 aromatic carbocycles. The van der Waals surface area contributed by atoms with E-state index in [-0.39, 0.29) is 0 Å². The topological polar surface area (TPSA) is 46.6 Å². The second-order valence-corrected chi connectivity index (χ2v) is 18.0. The molecule has 0 saturated heterocycles. The van der Waals surface area contributed by atoms with Crippen LogP contribution in [0.25, 0.3) is 55.0 Å². The van der Waals surface area contributed by atoms with E-state index in [1.54, 1.807) is 0 Å². The number of hydrogen-bond donors (Lipinski definition) is 1. The van der Waals surface area contributed by atoms with E-state index in [1.165, 1.54) is 81.3 Å². The van der Waals surface area contributed by atoms with Crippen LogP contribution in [0.2, 0.25) is 0 Å². The fraction of sp³-hybridized carbons (Fsp3) is 0.0345. The molecule has 0 saturated carbocycles. The summed E-state index contributed by atoms with van der Waals surface area (Å²) in [5.74, 6) is 1.62.